The summed E-state index contributed by atoms with van der Waals surface area (Å²) in [6, 6.07) is 9.76. The van der Waals surface area contributed by atoms with Gasteiger partial charge in [-0.1, -0.05) is 30.3 Å². The van der Waals surface area contributed by atoms with Crippen LogP contribution in [0.2, 0.25) is 0 Å². The van der Waals surface area contributed by atoms with Gasteiger partial charge in [0.15, 0.2) is 5.82 Å². The zero-order valence-corrected chi connectivity index (χ0v) is 27.3. The maximum Gasteiger partial charge on any atom is 0.409 e. The third-order valence-electron chi connectivity index (χ3n) is 7.20. The molecule has 0 unspecified atom stereocenters. The number of carbonyl (C=O) groups excluding carboxylic acids is 4. The molecule has 1 aromatic heterocycles. The molecular weight excluding hydrogens is 598 g/mol. The van der Waals surface area contributed by atoms with E-state index in [1.54, 1.807) is 37.5 Å². The number of rotatable bonds is 10. The molecule has 2 aliphatic rings. The van der Waals surface area contributed by atoms with Crippen LogP contribution in [0.15, 0.2) is 36.4 Å². The number of ether oxygens (including phenoxy) is 3. The van der Waals surface area contributed by atoms with Crippen molar-refractivity contribution in [1.82, 2.24) is 25.1 Å². The van der Waals surface area contributed by atoms with Crippen LogP contribution in [0.5, 0.6) is 5.88 Å². The molecule has 1 aromatic carbocycles. The first-order chi connectivity index (χ1) is 21.5. The molecule has 2 aromatic rings. The van der Waals surface area contributed by atoms with Crippen molar-refractivity contribution in [2.45, 2.75) is 71.1 Å². The van der Waals surface area contributed by atoms with E-state index in [1.807, 2.05) is 42.1 Å². The quantitative estimate of drug-likeness (QED) is 0.380. The van der Waals surface area contributed by atoms with Gasteiger partial charge < -0.3 is 29.3 Å². The molecule has 3 heterocycles. The van der Waals surface area contributed by atoms with Crippen molar-refractivity contribution in [1.29, 1.82) is 0 Å². The van der Waals surface area contributed by atoms with Crippen molar-refractivity contribution in [2.75, 3.05) is 44.3 Å². The summed E-state index contributed by atoms with van der Waals surface area (Å²) in [5.41, 5.74) is 0.0744. The van der Waals surface area contributed by atoms with Crippen molar-refractivity contribution < 1.29 is 33.4 Å². The summed E-state index contributed by atoms with van der Waals surface area (Å²) in [4.78, 5) is 64.5. The number of nitrogens with one attached hydrogen (secondary N) is 1. The normalized spacial score (nSPS) is 16.4. The number of benzene rings is 1. The van der Waals surface area contributed by atoms with Crippen LogP contribution in [0.4, 0.5) is 4.79 Å². The lowest BCUT2D eigenvalue weighted by Crippen LogP contribution is -2.56. The standard InChI is InChI=1S/C32H43N5O7S/c1-5-42-31(41)37-17-15-36(16-18-37)30(40)24(11-12-27(38)44-32(2,3)4)34-29(39)25-21-26(43-23-13-19-45-20-14-23)35-28(33-25)22-9-7-6-8-10-22/h6-10,21,23-24H,5,11-20H2,1-4H3,(H,34,39)/t24-/m0/s1. The smallest absolute Gasteiger partial charge is 0.409 e. The molecule has 1 N–H and O–H groups in total. The first kappa shape index (κ1) is 34.0. The highest BCUT2D eigenvalue weighted by atomic mass is 32.2. The molecule has 12 nitrogen and oxygen atoms in total. The van der Waals surface area contributed by atoms with Crippen molar-refractivity contribution in [2.24, 2.45) is 0 Å². The minimum Gasteiger partial charge on any atom is -0.474 e. The number of thioether (sulfide) groups is 1. The van der Waals surface area contributed by atoms with Gasteiger partial charge in [0, 0.05) is 44.2 Å². The van der Waals surface area contributed by atoms with Crippen LogP contribution in [0.1, 0.15) is 63.9 Å². The predicted molar refractivity (Wildman–Crippen MR) is 170 cm³/mol. The number of aromatic nitrogens is 2. The summed E-state index contributed by atoms with van der Waals surface area (Å²) >= 11 is 1.88. The van der Waals surface area contributed by atoms with Gasteiger partial charge >= 0.3 is 12.1 Å². The van der Waals surface area contributed by atoms with E-state index in [1.165, 1.54) is 6.07 Å². The summed E-state index contributed by atoms with van der Waals surface area (Å²) in [5.74, 6) is 1.17. The lowest BCUT2D eigenvalue weighted by atomic mass is 10.1. The van der Waals surface area contributed by atoms with E-state index < -0.39 is 29.6 Å². The van der Waals surface area contributed by atoms with Crippen molar-refractivity contribution in [3.05, 3.63) is 42.1 Å². The average molecular weight is 642 g/mol. The molecule has 13 heteroatoms. The Kier molecular flexibility index (Phi) is 12.0. The summed E-state index contributed by atoms with van der Waals surface area (Å²) in [7, 11) is 0. The second-order valence-electron chi connectivity index (χ2n) is 11.9. The zero-order chi connectivity index (χ0) is 32.4. The van der Waals surface area contributed by atoms with E-state index in [4.69, 9.17) is 14.2 Å². The lowest BCUT2D eigenvalue weighted by Gasteiger charge is -2.36. The Labute approximate surface area is 268 Å². The molecule has 2 saturated heterocycles. The predicted octanol–water partition coefficient (Wildman–Crippen LogP) is 3.94. The number of hydrogen-bond donors (Lipinski definition) is 1. The molecule has 0 spiro atoms. The monoisotopic (exact) mass is 641 g/mol. The van der Waals surface area contributed by atoms with Crippen molar-refractivity contribution >= 4 is 35.6 Å². The second kappa shape index (κ2) is 15.9. The van der Waals surface area contributed by atoms with E-state index in [2.05, 4.69) is 15.3 Å². The summed E-state index contributed by atoms with van der Waals surface area (Å²) in [5, 5.41) is 2.82. The van der Waals surface area contributed by atoms with Crippen molar-refractivity contribution in [3.8, 4) is 17.3 Å². The van der Waals surface area contributed by atoms with Gasteiger partial charge in [0.1, 0.15) is 23.4 Å². The fraction of sp³-hybridized carbons (Fsp3) is 0.562. The van der Waals surface area contributed by atoms with Gasteiger partial charge in [-0.2, -0.15) is 16.7 Å². The van der Waals surface area contributed by atoms with Gasteiger partial charge in [0.2, 0.25) is 11.8 Å². The van der Waals surface area contributed by atoms with Gasteiger partial charge in [-0.25, -0.2) is 9.78 Å². The fourth-order valence-corrected chi connectivity index (χ4v) is 6.03. The Morgan fingerprint density at radius 3 is 2.31 bits per heavy atom. The summed E-state index contributed by atoms with van der Waals surface area (Å²) < 4.78 is 16.7. The van der Waals surface area contributed by atoms with Gasteiger partial charge in [-0.05, 0) is 58.5 Å². The average Bonchev–Trinajstić information content (AvgIpc) is 3.02. The number of nitrogens with zero attached hydrogens (tertiary/aromatic N) is 4. The minimum atomic E-state index is -1.03. The molecule has 1 atom stereocenters. The van der Waals surface area contributed by atoms with Gasteiger partial charge in [-0.3, -0.25) is 14.4 Å². The molecular formula is C32H43N5O7S. The molecule has 3 amide bonds. The van der Waals surface area contributed by atoms with E-state index in [-0.39, 0.29) is 56.1 Å². The molecule has 2 aliphatic heterocycles. The van der Waals surface area contributed by atoms with Crippen molar-refractivity contribution in [3.63, 3.8) is 0 Å². The van der Waals surface area contributed by atoms with Crippen LogP contribution in [-0.2, 0) is 19.1 Å². The molecule has 0 bridgehead atoms. The maximum absolute atomic E-state index is 13.7. The fourth-order valence-electron chi connectivity index (χ4n) is 4.97. The highest BCUT2D eigenvalue weighted by Crippen LogP contribution is 2.25. The van der Waals surface area contributed by atoms with Crippen LogP contribution < -0.4 is 10.1 Å². The Bertz CT molecular complexity index is 1320. The number of amides is 3. The van der Waals surface area contributed by atoms with Gasteiger partial charge in [0.05, 0.1) is 6.61 Å². The van der Waals surface area contributed by atoms with Crippen LogP contribution in [0, 0.1) is 0 Å². The number of carbonyl (C=O) groups is 4. The first-order valence-corrected chi connectivity index (χ1v) is 16.6. The van der Waals surface area contributed by atoms with Crippen LogP contribution in [0.25, 0.3) is 11.4 Å². The third kappa shape index (κ3) is 10.3. The Morgan fingerprint density at radius 1 is 1.00 bits per heavy atom. The first-order valence-electron chi connectivity index (χ1n) is 15.4. The molecule has 4 rings (SSSR count). The molecule has 0 aliphatic carbocycles. The van der Waals surface area contributed by atoms with Gasteiger partial charge in [-0.15, -0.1) is 0 Å². The minimum absolute atomic E-state index is 0.0166. The largest absolute Gasteiger partial charge is 0.474 e. The molecule has 0 saturated carbocycles. The summed E-state index contributed by atoms with van der Waals surface area (Å²) in [6.07, 6.45) is 1.25. The van der Waals surface area contributed by atoms with E-state index >= 15 is 0 Å². The number of piperazine rings is 1. The topological polar surface area (TPSA) is 140 Å². The molecule has 0 radical (unpaired) electrons. The van der Waals surface area contributed by atoms with Crippen LogP contribution in [-0.4, -0.2) is 106 Å². The Balaban J connectivity index is 1.54. The SMILES string of the molecule is CCOC(=O)N1CCN(C(=O)[C@H](CCC(=O)OC(C)(C)C)NC(=O)c2cc(OC3CCSCC3)nc(-c3ccccc3)n2)CC1. The highest BCUT2D eigenvalue weighted by Gasteiger charge is 2.32. The Hall–Kier alpha value is -3.87. The van der Waals surface area contributed by atoms with E-state index in [9.17, 15) is 19.2 Å². The third-order valence-corrected chi connectivity index (χ3v) is 8.25. The van der Waals surface area contributed by atoms with Crippen LogP contribution >= 0.6 is 11.8 Å². The molecule has 2 fully saturated rings. The highest BCUT2D eigenvalue weighted by molar-refractivity contribution is 7.99. The lowest BCUT2D eigenvalue weighted by molar-refractivity contribution is -0.155. The van der Waals surface area contributed by atoms with Gasteiger partial charge in [0.25, 0.3) is 5.91 Å². The number of hydrogen-bond acceptors (Lipinski definition) is 10. The summed E-state index contributed by atoms with van der Waals surface area (Å²) in [6.45, 7) is 8.42. The second-order valence-corrected chi connectivity index (χ2v) is 13.1. The van der Waals surface area contributed by atoms with E-state index in [0.29, 0.717) is 24.5 Å². The molecule has 45 heavy (non-hydrogen) atoms. The molecule has 244 valence electrons. The van der Waals surface area contributed by atoms with Crippen LogP contribution in [0.3, 0.4) is 0 Å². The van der Waals surface area contributed by atoms with E-state index in [0.717, 1.165) is 24.3 Å². The maximum atomic E-state index is 13.7. The number of esters is 1. The Morgan fingerprint density at radius 2 is 1.67 bits per heavy atom. The zero-order valence-electron chi connectivity index (χ0n) is 26.5.